The first-order valence-electron chi connectivity index (χ1n) is 13.4. The van der Waals surface area contributed by atoms with Crippen LogP contribution in [0, 0.1) is 0 Å². The lowest BCUT2D eigenvalue weighted by molar-refractivity contribution is 0.118. The van der Waals surface area contributed by atoms with Crippen molar-refractivity contribution in [3.05, 3.63) is 39.5 Å². The molecule has 5 heterocycles. The first-order chi connectivity index (χ1) is 16.7. The van der Waals surface area contributed by atoms with Crippen LogP contribution in [0.3, 0.4) is 0 Å². The van der Waals surface area contributed by atoms with Crippen LogP contribution >= 0.6 is 11.3 Å². The molecular formula is C27H39N5OS. The molecule has 1 N–H and O–H groups in total. The Morgan fingerprint density at radius 3 is 2.71 bits per heavy atom. The number of ether oxygens (including phenoxy) is 1. The van der Waals surface area contributed by atoms with Crippen LogP contribution in [0.2, 0.25) is 0 Å². The van der Waals surface area contributed by atoms with Crippen molar-refractivity contribution in [2.75, 3.05) is 58.3 Å². The topological polar surface area (TPSA) is 53.5 Å². The van der Waals surface area contributed by atoms with Gasteiger partial charge in [0.2, 0.25) is 0 Å². The van der Waals surface area contributed by atoms with Crippen molar-refractivity contribution in [3.8, 4) is 0 Å². The van der Waals surface area contributed by atoms with E-state index in [1.807, 2.05) is 11.3 Å². The quantitative estimate of drug-likeness (QED) is 0.686. The zero-order valence-electron chi connectivity index (χ0n) is 20.5. The van der Waals surface area contributed by atoms with E-state index in [-0.39, 0.29) is 0 Å². The van der Waals surface area contributed by atoms with Gasteiger partial charge in [-0.05, 0) is 82.6 Å². The van der Waals surface area contributed by atoms with Crippen molar-refractivity contribution in [2.45, 2.75) is 68.7 Å². The normalized spacial score (nSPS) is 29.5. The highest BCUT2D eigenvalue weighted by atomic mass is 32.1. The molecule has 2 aromatic rings. The third-order valence-corrected chi connectivity index (χ3v) is 9.72. The third kappa shape index (κ3) is 4.77. The monoisotopic (exact) mass is 481 g/mol. The molecule has 0 radical (unpaired) electrons. The number of nitrogens with one attached hydrogen (secondary N) is 1. The third-order valence-electron chi connectivity index (χ3n) is 8.69. The van der Waals surface area contributed by atoms with E-state index in [1.165, 1.54) is 86.4 Å². The van der Waals surface area contributed by atoms with Crippen molar-refractivity contribution in [2.24, 2.45) is 0 Å². The fourth-order valence-electron chi connectivity index (χ4n) is 6.52. The molecule has 1 saturated carbocycles. The van der Waals surface area contributed by atoms with Gasteiger partial charge >= 0.3 is 0 Å². The second-order valence-corrected chi connectivity index (χ2v) is 11.7. The van der Waals surface area contributed by atoms with Crippen LogP contribution in [-0.2, 0) is 4.74 Å². The molecule has 1 aliphatic carbocycles. The average Bonchev–Trinajstić information content (AvgIpc) is 3.43. The van der Waals surface area contributed by atoms with Crippen LogP contribution in [-0.4, -0.2) is 78.8 Å². The van der Waals surface area contributed by atoms with Gasteiger partial charge in [0.05, 0.1) is 17.3 Å². The van der Waals surface area contributed by atoms with Gasteiger partial charge in [-0.15, -0.1) is 11.3 Å². The van der Waals surface area contributed by atoms with Gasteiger partial charge in [0.1, 0.15) is 5.82 Å². The first-order valence-corrected chi connectivity index (χ1v) is 14.3. The lowest BCUT2D eigenvalue weighted by Crippen LogP contribution is -2.39. The lowest BCUT2D eigenvalue weighted by Gasteiger charge is -2.36. The van der Waals surface area contributed by atoms with Gasteiger partial charge < -0.3 is 15.0 Å². The first kappa shape index (κ1) is 22.9. The summed E-state index contributed by atoms with van der Waals surface area (Å²) >= 11 is 1.87. The Bertz CT molecular complexity index is 956. The van der Waals surface area contributed by atoms with Crippen molar-refractivity contribution < 1.29 is 4.74 Å². The number of hydrogen-bond donors (Lipinski definition) is 1. The lowest BCUT2D eigenvalue weighted by atomic mass is 9.81. The Kier molecular flexibility index (Phi) is 6.88. The van der Waals surface area contributed by atoms with E-state index >= 15 is 0 Å². The van der Waals surface area contributed by atoms with E-state index in [0.29, 0.717) is 17.8 Å². The maximum absolute atomic E-state index is 5.67. The summed E-state index contributed by atoms with van der Waals surface area (Å²) in [6, 6.07) is 3.20. The Hall–Kier alpha value is -1.54. The highest BCUT2D eigenvalue weighted by molar-refractivity contribution is 7.09. The van der Waals surface area contributed by atoms with Crippen LogP contribution in [0.25, 0.3) is 0 Å². The van der Waals surface area contributed by atoms with E-state index in [2.05, 4.69) is 39.8 Å². The maximum atomic E-state index is 5.67. The minimum Gasteiger partial charge on any atom is -0.380 e. The number of aromatic nitrogens is 2. The fourth-order valence-corrected chi connectivity index (χ4v) is 7.56. The van der Waals surface area contributed by atoms with Crippen LogP contribution < -0.4 is 5.32 Å². The number of pyridine rings is 1. The SMILES string of the molecule is CN1CCC(c2nc(C3CNc4ncc(C5CCC(N6CCCOCC6)CC5)cc43)cs2)CC1. The Labute approximate surface area is 208 Å². The summed E-state index contributed by atoms with van der Waals surface area (Å²) in [4.78, 5) is 15.2. The molecule has 7 heteroatoms. The molecule has 1 unspecified atom stereocenters. The number of likely N-dealkylation sites (tertiary alicyclic amines) is 1. The van der Waals surface area contributed by atoms with Crippen molar-refractivity contribution in [1.29, 1.82) is 0 Å². The summed E-state index contributed by atoms with van der Waals surface area (Å²) in [7, 11) is 2.23. The second kappa shape index (κ2) is 10.2. The summed E-state index contributed by atoms with van der Waals surface area (Å²) in [6.07, 6.45) is 11.0. The summed E-state index contributed by atoms with van der Waals surface area (Å²) in [5.41, 5.74) is 4.05. The predicted octanol–water partition coefficient (Wildman–Crippen LogP) is 4.65. The standard InChI is InChI=1S/C27H39N5OS/c1-31-10-7-20(8-11-31)27-30-25(18-34-27)24-17-29-26-23(24)15-21(16-28-26)19-3-5-22(6-4-19)32-9-2-13-33-14-12-32/h15-16,18-20,22,24H,2-14,17H2,1H3,(H,28,29). The maximum Gasteiger partial charge on any atom is 0.129 e. The number of piperidine rings is 1. The van der Waals surface area contributed by atoms with Gasteiger partial charge in [0, 0.05) is 61.3 Å². The van der Waals surface area contributed by atoms with E-state index in [0.717, 1.165) is 38.2 Å². The molecule has 6 rings (SSSR count). The molecule has 1 atom stereocenters. The number of thiazole rings is 1. The van der Waals surface area contributed by atoms with E-state index in [9.17, 15) is 0 Å². The fraction of sp³-hybridized carbons (Fsp3) is 0.704. The van der Waals surface area contributed by atoms with Crippen LogP contribution in [0.4, 0.5) is 5.82 Å². The second-order valence-electron chi connectivity index (χ2n) is 10.8. The molecule has 0 aromatic carbocycles. The zero-order valence-corrected chi connectivity index (χ0v) is 21.4. The average molecular weight is 482 g/mol. The molecule has 2 aromatic heterocycles. The van der Waals surface area contributed by atoms with E-state index in [1.54, 1.807) is 0 Å². The molecular weight excluding hydrogens is 442 g/mol. The van der Waals surface area contributed by atoms with Gasteiger partial charge in [-0.3, -0.25) is 4.90 Å². The minimum atomic E-state index is 0.340. The van der Waals surface area contributed by atoms with Gasteiger partial charge in [-0.25, -0.2) is 9.97 Å². The molecule has 184 valence electrons. The van der Waals surface area contributed by atoms with Crippen LogP contribution in [0.1, 0.15) is 84.5 Å². The summed E-state index contributed by atoms with van der Waals surface area (Å²) in [5, 5.41) is 7.22. The van der Waals surface area contributed by atoms with Crippen LogP contribution in [0.5, 0.6) is 0 Å². The molecule has 34 heavy (non-hydrogen) atoms. The summed E-state index contributed by atoms with van der Waals surface area (Å²) < 4.78 is 5.67. The van der Waals surface area contributed by atoms with Crippen LogP contribution in [0.15, 0.2) is 17.6 Å². The molecule has 2 saturated heterocycles. The number of rotatable bonds is 4. The van der Waals surface area contributed by atoms with Crippen molar-refractivity contribution in [3.63, 3.8) is 0 Å². The largest absolute Gasteiger partial charge is 0.380 e. The van der Waals surface area contributed by atoms with Gasteiger partial charge in [-0.2, -0.15) is 0 Å². The van der Waals surface area contributed by atoms with Crippen molar-refractivity contribution >= 4 is 17.2 Å². The number of hydrogen-bond acceptors (Lipinski definition) is 7. The van der Waals surface area contributed by atoms with Gasteiger partial charge in [-0.1, -0.05) is 0 Å². The molecule has 4 aliphatic rings. The van der Waals surface area contributed by atoms with Gasteiger partial charge in [0.25, 0.3) is 0 Å². The van der Waals surface area contributed by atoms with Crippen molar-refractivity contribution in [1.82, 2.24) is 19.8 Å². The Morgan fingerprint density at radius 2 is 1.85 bits per heavy atom. The predicted molar refractivity (Wildman–Crippen MR) is 138 cm³/mol. The Morgan fingerprint density at radius 1 is 1.00 bits per heavy atom. The number of anilines is 1. The molecule has 6 nitrogen and oxygen atoms in total. The summed E-state index contributed by atoms with van der Waals surface area (Å²) in [5.74, 6) is 2.69. The van der Waals surface area contributed by atoms with E-state index in [4.69, 9.17) is 14.7 Å². The molecule has 3 aliphatic heterocycles. The number of nitrogens with zero attached hydrogens (tertiary/aromatic N) is 4. The smallest absolute Gasteiger partial charge is 0.129 e. The van der Waals surface area contributed by atoms with Gasteiger partial charge in [0.15, 0.2) is 0 Å². The Balaban J connectivity index is 1.13. The van der Waals surface area contributed by atoms with E-state index < -0.39 is 0 Å². The highest BCUT2D eigenvalue weighted by Crippen LogP contribution is 2.41. The molecule has 0 amide bonds. The summed E-state index contributed by atoms with van der Waals surface area (Å²) in [6.45, 7) is 7.45. The molecule has 0 spiro atoms. The molecule has 0 bridgehead atoms. The minimum absolute atomic E-state index is 0.340. The highest BCUT2D eigenvalue weighted by Gasteiger charge is 2.32. The zero-order chi connectivity index (χ0) is 22.9. The molecule has 3 fully saturated rings. The number of fused-ring (bicyclic) bond motifs is 1.